The minimum atomic E-state index is 0.584. The number of benzene rings is 18. The second-order valence-electron chi connectivity index (χ2n) is 34.6. The summed E-state index contributed by atoms with van der Waals surface area (Å²) in [4.78, 5) is 28.5. The fourth-order valence-electron chi connectivity index (χ4n) is 20.6. The number of nitrogens with zero attached hydrogens (tertiary/aromatic N) is 12. The number of hydrogen-bond donors (Lipinski definition) is 0. The van der Waals surface area contributed by atoms with Crippen molar-refractivity contribution >= 4 is 142 Å². The summed E-state index contributed by atoms with van der Waals surface area (Å²) >= 11 is 0. The molecular weight excluding hydrogens is 1660 g/mol. The Hall–Kier alpha value is -18.5. The number of hydrogen-bond acceptors (Lipinski definition) is 6. The van der Waals surface area contributed by atoms with Crippen LogP contribution in [0, 0.1) is 0 Å². The zero-order valence-corrected chi connectivity index (χ0v) is 73.6. The zero-order valence-electron chi connectivity index (χ0n) is 73.6. The van der Waals surface area contributed by atoms with Crippen LogP contribution >= 0.6 is 0 Å². The predicted molar refractivity (Wildman–Crippen MR) is 562 cm³/mol. The lowest BCUT2D eigenvalue weighted by Gasteiger charge is -2.11. The van der Waals surface area contributed by atoms with Crippen LogP contribution < -0.4 is 0 Å². The van der Waals surface area contributed by atoms with E-state index in [4.69, 9.17) is 15.0 Å². The molecule has 0 amide bonds. The number of rotatable bonds is 12. The average Bonchev–Trinajstić information content (AvgIpc) is 1.60. The summed E-state index contributed by atoms with van der Waals surface area (Å²) in [6.45, 7) is 0. The van der Waals surface area contributed by atoms with E-state index in [-0.39, 0.29) is 0 Å². The van der Waals surface area contributed by atoms with Crippen LogP contribution in [0.2, 0.25) is 0 Å². The van der Waals surface area contributed by atoms with Gasteiger partial charge in [0.1, 0.15) is 0 Å². The number of pyridine rings is 3. The van der Waals surface area contributed by atoms with Crippen molar-refractivity contribution in [3.63, 3.8) is 0 Å². The molecule has 0 aliphatic carbocycles. The molecule has 28 rings (SSSR count). The molecule has 18 aromatic carbocycles. The van der Waals surface area contributed by atoms with Gasteiger partial charge in [0.25, 0.3) is 0 Å². The van der Waals surface area contributed by atoms with Crippen LogP contribution in [0.25, 0.3) is 243 Å². The molecule has 0 fully saturated rings. The molecule has 12 nitrogen and oxygen atoms in total. The second-order valence-corrected chi connectivity index (χ2v) is 34.6. The fraction of sp³-hybridized carbons (Fsp3) is 0. The van der Waals surface area contributed by atoms with Gasteiger partial charge in [-0.2, -0.15) is 9.97 Å². The fourth-order valence-corrected chi connectivity index (χ4v) is 20.6. The van der Waals surface area contributed by atoms with Gasteiger partial charge < -0.3 is 22.8 Å². The zero-order chi connectivity index (χ0) is 89.7. The van der Waals surface area contributed by atoms with Crippen molar-refractivity contribution in [2.24, 2.45) is 0 Å². The Kier molecular flexibility index (Phi) is 19.0. The van der Waals surface area contributed by atoms with Crippen LogP contribution in [0.15, 0.2) is 486 Å². The quantitative estimate of drug-likeness (QED) is 0.121. The highest BCUT2D eigenvalue weighted by atomic mass is 15.2. The molecule has 0 unspecified atom stereocenters. The van der Waals surface area contributed by atoms with Crippen molar-refractivity contribution in [3.8, 4) is 102 Å². The molecular formula is C124H80N12. The van der Waals surface area contributed by atoms with Gasteiger partial charge in [-0.25, -0.2) is 4.98 Å². The molecule has 0 aliphatic heterocycles. The van der Waals surface area contributed by atoms with E-state index in [1.54, 1.807) is 0 Å². The Balaban J connectivity index is 0.000000106. The molecule has 0 bridgehead atoms. The first-order valence-electron chi connectivity index (χ1n) is 45.9. The Morgan fingerprint density at radius 3 is 0.757 bits per heavy atom. The molecule has 28 aromatic rings. The summed E-state index contributed by atoms with van der Waals surface area (Å²) in [7, 11) is 0. The third kappa shape index (κ3) is 13.4. The third-order valence-electron chi connectivity index (χ3n) is 26.9. The van der Waals surface area contributed by atoms with Gasteiger partial charge in [-0.05, 0) is 225 Å². The van der Waals surface area contributed by atoms with E-state index >= 15 is 0 Å². The molecule has 10 heterocycles. The number of aromatic nitrogens is 12. The van der Waals surface area contributed by atoms with Gasteiger partial charge in [-0.3, -0.25) is 19.5 Å². The van der Waals surface area contributed by atoms with Crippen molar-refractivity contribution in [1.82, 2.24) is 57.3 Å². The van der Waals surface area contributed by atoms with Crippen molar-refractivity contribution < 1.29 is 0 Å². The SMILES string of the molecule is c1ccc(-c2ccc(-n3c4ccccc4c4cc(-c5ccc6c(c5)c5ccncc5n6-c5ccccc5)ccc43)cc2)cc1.c1ccc(-c2nc(-c3ccccc3)nc(-n3c4ccccc4c4cc(-c5ccc6c(c5)c5ccncc5n6-c5ccccc5)ccc43)n2)cc1.c1ccc(-n2c3ccc(-c4ccc5c(c4)c4ccccc4n5-c4ccc5ccccc5c4)cc3c3ccncc32)cc1. The van der Waals surface area contributed by atoms with Gasteiger partial charge in [0.15, 0.2) is 11.6 Å². The maximum atomic E-state index is 5.08. The molecule has 0 radical (unpaired) electrons. The Morgan fingerprint density at radius 1 is 0.140 bits per heavy atom. The summed E-state index contributed by atoms with van der Waals surface area (Å²) < 4.78 is 13.8. The lowest BCUT2D eigenvalue weighted by atomic mass is 10.0. The first kappa shape index (κ1) is 78.5. The molecule has 0 saturated heterocycles. The van der Waals surface area contributed by atoms with Crippen LogP contribution in [-0.4, -0.2) is 57.3 Å². The highest BCUT2D eigenvalue weighted by Crippen LogP contribution is 2.45. The summed E-state index contributed by atoms with van der Waals surface area (Å²) in [5, 5.41) is 17.0. The molecule has 0 aliphatic rings. The van der Waals surface area contributed by atoms with E-state index in [1.807, 2.05) is 104 Å². The molecule has 0 spiro atoms. The summed E-state index contributed by atoms with van der Waals surface area (Å²) in [6, 6.07) is 160. The lowest BCUT2D eigenvalue weighted by Crippen LogP contribution is -2.06. The van der Waals surface area contributed by atoms with Crippen molar-refractivity contribution in [2.45, 2.75) is 0 Å². The van der Waals surface area contributed by atoms with E-state index in [0.29, 0.717) is 17.6 Å². The average molecular weight is 1740 g/mol. The van der Waals surface area contributed by atoms with Crippen LogP contribution in [0.1, 0.15) is 0 Å². The Labute approximate surface area is 781 Å². The van der Waals surface area contributed by atoms with Gasteiger partial charge in [0.2, 0.25) is 5.95 Å². The first-order valence-corrected chi connectivity index (χ1v) is 45.9. The standard InChI is InChI=1S/C44H28N6.C41H27N3.C39H25N3/c1-4-12-29(13-5-1)42-46-43(30-14-6-2-7-15-30)48-44(47-42)50-38-19-11-10-18-34(38)36-26-32(21-23-40(36)50)31-20-22-39-37(27-31)35-24-25-45-28-41(35)49(39)33-16-8-3-9-17-33;1-3-9-28(10-4-1)29-15-19-33(20-16-29)43-38-14-8-7-13-34(38)36-25-30(17-21-39(36)43)31-18-22-40-37(26-31)35-23-24-42-27-41(35)44(40)32-11-5-2-6-12-32;1-2-10-30(11-3-1)41-37-18-15-29(24-35(37)33-20-21-40-25-39(33)41)28-16-19-38-34(23-28)32-12-6-7-13-36(32)42(38)31-17-14-26-8-4-5-9-27(26)22-31/h1-28H;1-27H;1-25H. The maximum absolute atomic E-state index is 5.08. The molecule has 136 heavy (non-hydrogen) atoms. The monoisotopic (exact) mass is 1740 g/mol. The van der Waals surface area contributed by atoms with E-state index in [0.717, 1.165) is 88.9 Å². The third-order valence-corrected chi connectivity index (χ3v) is 26.9. The molecule has 0 atom stereocenters. The topological polar surface area (TPSA) is 107 Å². The molecule has 12 heteroatoms. The van der Waals surface area contributed by atoms with Gasteiger partial charge in [-0.1, -0.05) is 279 Å². The Bertz CT molecular complexity index is 9470. The van der Waals surface area contributed by atoms with Crippen LogP contribution in [0.5, 0.6) is 0 Å². The van der Waals surface area contributed by atoms with Gasteiger partial charge >= 0.3 is 0 Å². The van der Waals surface area contributed by atoms with Crippen molar-refractivity contribution in [3.05, 3.63) is 486 Å². The maximum Gasteiger partial charge on any atom is 0.238 e. The van der Waals surface area contributed by atoms with Crippen molar-refractivity contribution in [1.29, 1.82) is 0 Å². The smallest absolute Gasteiger partial charge is 0.238 e. The highest BCUT2D eigenvalue weighted by Gasteiger charge is 2.24. The molecule has 0 saturated carbocycles. The van der Waals surface area contributed by atoms with E-state index < -0.39 is 0 Å². The lowest BCUT2D eigenvalue weighted by molar-refractivity contribution is 0.953. The minimum absolute atomic E-state index is 0.584. The van der Waals surface area contributed by atoms with E-state index in [2.05, 4.69) is 425 Å². The van der Waals surface area contributed by atoms with Crippen LogP contribution in [0.3, 0.4) is 0 Å². The molecule has 10 aromatic heterocycles. The Morgan fingerprint density at radius 2 is 0.390 bits per heavy atom. The minimum Gasteiger partial charge on any atom is -0.309 e. The van der Waals surface area contributed by atoms with Gasteiger partial charge in [0, 0.05) is 123 Å². The molecule has 636 valence electrons. The number of para-hydroxylation sites is 6. The van der Waals surface area contributed by atoms with E-state index in [9.17, 15) is 0 Å². The second kappa shape index (κ2) is 32.8. The van der Waals surface area contributed by atoms with Crippen LogP contribution in [0.4, 0.5) is 0 Å². The van der Waals surface area contributed by atoms with Crippen molar-refractivity contribution in [2.75, 3.05) is 0 Å². The first-order chi connectivity index (χ1) is 67.5. The number of fused-ring (bicyclic) bond motifs is 19. The molecule has 0 N–H and O–H groups in total. The van der Waals surface area contributed by atoms with Gasteiger partial charge in [-0.15, -0.1) is 0 Å². The largest absolute Gasteiger partial charge is 0.309 e. The normalized spacial score (nSPS) is 11.7. The van der Waals surface area contributed by atoms with Gasteiger partial charge in [0.05, 0.1) is 84.8 Å². The summed E-state index contributed by atoms with van der Waals surface area (Å²) in [5.74, 6) is 1.85. The van der Waals surface area contributed by atoms with E-state index in [1.165, 1.54) is 137 Å². The predicted octanol–water partition coefficient (Wildman–Crippen LogP) is 31.2. The highest BCUT2D eigenvalue weighted by molar-refractivity contribution is 6.17. The summed E-state index contributed by atoms with van der Waals surface area (Å²) in [5.41, 5.74) is 30.9. The summed E-state index contributed by atoms with van der Waals surface area (Å²) in [6.07, 6.45) is 11.5. The van der Waals surface area contributed by atoms with Crippen LogP contribution in [-0.2, 0) is 0 Å².